The largest absolute Gasteiger partial charge is 0.310 e. The number of aromatic nitrogens is 2. The van der Waals surface area contributed by atoms with Crippen molar-refractivity contribution in [1.82, 2.24) is 15.3 Å². The summed E-state index contributed by atoms with van der Waals surface area (Å²) in [6, 6.07) is 9.51. The van der Waals surface area contributed by atoms with E-state index in [4.69, 9.17) is 0 Å². The number of fused-ring (bicyclic) bond motifs is 1. The Bertz CT molecular complexity index is 749. The highest BCUT2D eigenvalue weighted by Crippen LogP contribution is 2.07. The fourth-order valence-corrected chi connectivity index (χ4v) is 2.80. The summed E-state index contributed by atoms with van der Waals surface area (Å²) in [5.41, 5.74) is 2.00. The van der Waals surface area contributed by atoms with Gasteiger partial charge in [0.05, 0.1) is 17.4 Å². The van der Waals surface area contributed by atoms with Crippen molar-refractivity contribution in [3.8, 4) is 0 Å². The van der Waals surface area contributed by atoms with E-state index in [0.29, 0.717) is 17.8 Å². The van der Waals surface area contributed by atoms with Gasteiger partial charge in [-0.25, -0.2) is 4.98 Å². The Morgan fingerprint density at radius 2 is 2.15 bits per heavy atom. The Morgan fingerprint density at radius 1 is 1.25 bits per heavy atom. The molecule has 0 radical (unpaired) electrons. The third-order valence-corrected chi connectivity index (χ3v) is 3.86. The van der Waals surface area contributed by atoms with Crippen LogP contribution in [0.3, 0.4) is 0 Å². The Hall–Kier alpha value is -1.98. The monoisotopic (exact) mass is 285 g/mol. The van der Waals surface area contributed by atoms with Crippen LogP contribution in [0.25, 0.3) is 10.9 Å². The van der Waals surface area contributed by atoms with Crippen LogP contribution < -0.4 is 10.9 Å². The summed E-state index contributed by atoms with van der Waals surface area (Å²) in [4.78, 5) is 19.2. The molecule has 2 heterocycles. The SMILES string of the molecule is O=c1[nH]c(CNCCc2ccsc2)nc2ccccc12. The molecular weight excluding hydrogens is 270 g/mol. The third-order valence-electron chi connectivity index (χ3n) is 3.12. The minimum absolute atomic E-state index is 0.0785. The zero-order valence-electron chi connectivity index (χ0n) is 10.9. The lowest BCUT2D eigenvalue weighted by Gasteiger charge is -2.05. The second-order valence-corrected chi connectivity index (χ2v) is 5.37. The minimum atomic E-state index is -0.0785. The predicted octanol–water partition coefficient (Wildman–Crippen LogP) is 2.32. The van der Waals surface area contributed by atoms with Crippen molar-refractivity contribution in [1.29, 1.82) is 0 Å². The van der Waals surface area contributed by atoms with Gasteiger partial charge in [-0.15, -0.1) is 0 Å². The summed E-state index contributed by atoms with van der Waals surface area (Å²) in [6.07, 6.45) is 0.987. The van der Waals surface area contributed by atoms with Gasteiger partial charge in [-0.1, -0.05) is 12.1 Å². The van der Waals surface area contributed by atoms with E-state index in [-0.39, 0.29) is 5.56 Å². The molecular formula is C15H15N3OS. The zero-order valence-corrected chi connectivity index (χ0v) is 11.7. The second-order valence-electron chi connectivity index (χ2n) is 4.59. The number of benzene rings is 1. The highest BCUT2D eigenvalue weighted by molar-refractivity contribution is 7.07. The standard InChI is InChI=1S/C15H15N3OS/c19-15-12-3-1-2-4-13(12)17-14(18-15)9-16-7-5-11-6-8-20-10-11/h1-4,6,8,10,16H,5,7,9H2,(H,17,18,19). The van der Waals surface area contributed by atoms with Crippen molar-refractivity contribution in [2.24, 2.45) is 0 Å². The summed E-state index contributed by atoms with van der Waals surface area (Å²) in [5, 5.41) is 8.17. The lowest BCUT2D eigenvalue weighted by molar-refractivity contribution is 0.660. The predicted molar refractivity (Wildman–Crippen MR) is 82.1 cm³/mol. The smallest absolute Gasteiger partial charge is 0.258 e. The summed E-state index contributed by atoms with van der Waals surface area (Å²) >= 11 is 1.71. The first kappa shape index (κ1) is 13.0. The first-order valence-corrected chi connectivity index (χ1v) is 7.47. The van der Waals surface area contributed by atoms with Crippen LogP contribution in [0, 0.1) is 0 Å². The van der Waals surface area contributed by atoms with E-state index in [1.54, 1.807) is 17.4 Å². The molecule has 0 bridgehead atoms. The average molecular weight is 285 g/mol. The molecule has 2 aromatic heterocycles. The van der Waals surface area contributed by atoms with Crippen molar-refractivity contribution < 1.29 is 0 Å². The van der Waals surface area contributed by atoms with E-state index < -0.39 is 0 Å². The summed E-state index contributed by atoms with van der Waals surface area (Å²) in [6.45, 7) is 1.44. The van der Waals surface area contributed by atoms with Crippen molar-refractivity contribution in [3.05, 3.63) is 62.8 Å². The topological polar surface area (TPSA) is 57.8 Å². The molecule has 3 aromatic rings. The third kappa shape index (κ3) is 2.95. The van der Waals surface area contributed by atoms with Crippen LogP contribution in [0.5, 0.6) is 0 Å². The second kappa shape index (κ2) is 5.98. The van der Waals surface area contributed by atoms with E-state index in [1.165, 1.54) is 5.56 Å². The van der Waals surface area contributed by atoms with Gasteiger partial charge in [0.15, 0.2) is 0 Å². The molecule has 20 heavy (non-hydrogen) atoms. The maximum absolute atomic E-state index is 11.9. The molecule has 5 heteroatoms. The maximum Gasteiger partial charge on any atom is 0.258 e. The Kier molecular flexibility index (Phi) is 3.90. The molecule has 2 N–H and O–H groups in total. The highest BCUT2D eigenvalue weighted by Gasteiger charge is 2.02. The summed E-state index contributed by atoms with van der Waals surface area (Å²) in [5.74, 6) is 0.680. The van der Waals surface area contributed by atoms with E-state index in [2.05, 4.69) is 32.1 Å². The van der Waals surface area contributed by atoms with E-state index in [9.17, 15) is 4.79 Å². The molecule has 0 amide bonds. The highest BCUT2D eigenvalue weighted by atomic mass is 32.1. The van der Waals surface area contributed by atoms with Gasteiger partial charge in [0.1, 0.15) is 5.82 Å². The molecule has 0 atom stereocenters. The number of para-hydroxylation sites is 1. The number of hydrogen-bond acceptors (Lipinski definition) is 4. The molecule has 102 valence electrons. The summed E-state index contributed by atoms with van der Waals surface area (Å²) in [7, 11) is 0. The van der Waals surface area contributed by atoms with Crippen molar-refractivity contribution in [2.45, 2.75) is 13.0 Å². The van der Waals surface area contributed by atoms with Gasteiger partial charge in [0.2, 0.25) is 0 Å². The molecule has 0 aliphatic carbocycles. The molecule has 0 saturated carbocycles. The first-order chi connectivity index (χ1) is 9.83. The van der Waals surface area contributed by atoms with Crippen LogP contribution >= 0.6 is 11.3 Å². The van der Waals surface area contributed by atoms with Gasteiger partial charge in [0.25, 0.3) is 5.56 Å². The number of nitrogens with one attached hydrogen (secondary N) is 2. The van der Waals surface area contributed by atoms with Gasteiger partial charge in [-0.2, -0.15) is 11.3 Å². The molecule has 0 fully saturated rings. The van der Waals surface area contributed by atoms with E-state index >= 15 is 0 Å². The van der Waals surface area contributed by atoms with Crippen LogP contribution in [-0.2, 0) is 13.0 Å². The van der Waals surface area contributed by atoms with Gasteiger partial charge in [-0.3, -0.25) is 4.79 Å². The van der Waals surface area contributed by atoms with Crippen molar-refractivity contribution in [2.75, 3.05) is 6.54 Å². The van der Waals surface area contributed by atoms with Gasteiger partial charge < -0.3 is 10.3 Å². The van der Waals surface area contributed by atoms with Crippen LogP contribution in [0.4, 0.5) is 0 Å². The molecule has 4 nitrogen and oxygen atoms in total. The number of thiophene rings is 1. The molecule has 0 saturated heterocycles. The minimum Gasteiger partial charge on any atom is -0.310 e. The molecule has 0 spiro atoms. The lowest BCUT2D eigenvalue weighted by atomic mass is 10.2. The Labute approximate surface area is 120 Å². The Morgan fingerprint density at radius 3 is 3.00 bits per heavy atom. The van der Waals surface area contributed by atoms with Gasteiger partial charge in [-0.05, 0) is 47.5 Å². The molecule has 0 aliphatic rings. The quantitative estimate of drug-likeness (QED) is 0.707. The molecule has 3 rings (SSSR count). The lowest BCUT2D eigenvalue weighted by Crippen LogP contribution is -2.21. The number of hydrogen-bond donors (Lipinski definition) is 2. The van der Waals surface area contributed by atoms with E-state index in [0.717, 1.165) is 18.5 Å². The van der Waals surface area contributed by atoms with Crippen LogP contribution in [0.15, 0.2) is 45.9 Å². The molecule has 1 aromatic carbocycles. The fourth-order valence-electron chi connectivity index (χ4n) is 2.09. The fraction of sp³-hybridized carbons (Fsp3) is 0.200. The maximum atomic E-state index is 11.9. The first-order valence-electron chi connectivity index (χ1n) is 6.52. The average Bonchev–Trinajstić information content (AvgIpc) is 2.97. The van der Waals surface area contributed by atoms with Crippen LogP contribution in [0.1, 0.15) is 11.4 Å². The number of H-pyrrole nitrogens is 1. The van der Waals surface area contributed by atoms with Crippen molar-refractivity contribution >= 4 is 22.2 Å². The van der Waals surface area contributed by atoms with Gasteiger partial charge >= 0.3 is 0 Å². The normalized spacial score (nSPS) is 11.0. The van der Waals surface area contributed by atoms with Crippen molar-refractivity contribution in [3.63, 3.8) is 0 Å². The zero-order chi connectivity index (χ0) is 13.8. The Balaban J connectivity index is 1.64. The van der Waals surface area contributed by atoms with Crippen LogP contribution in [-0.4, -0.2) is 16.5 Å². The number of rotatable bonds is 5. The molecule has 0 unspecified atom stereocenters. The van der Waals surface area contributed by atoms with E-state index in [1.807, 2.05) is 18.2 Å². The summed E-state index contributed by atoms with van der Waals surface area (Å²) < 4.78 is 0. The van der Waals surface area contributed by atoms with Gasteiger partial charge in [0, 0.05) is 0 Å². The number of aromatic amines is 1. The number of nitrogens with zero attached hydrogens (tertiary/aromatic N) is 1. The van der Waals surface area contributed by atoms with Crippen LogP contribution in [0.2, 0.25) is 0 Å². The molecule has 0 aliphatic heterocycles.